The Bertz CT molecular complexity index is 439. The number of carbonyl (C=O) groups excluding carboxylic acids is 1. The van der Waals surface area contributed by atoms with Gasteiger partial charge < -0.3 is 15.5 Å². The van der Waals surface area contributed by atoms with Gasteiger partial charge in [0.15, 0.2) is 0 Å². The summed E-state index contributed by atoms with van der Waals surface area (Å²) in [5.41, 5.74) is 1.19. The second kappa shape index (κ2) is 11.7. The number of hydrogen-bond acceptors (Lipinski definition) is 3. The number of likely N-dealkylation sites (tertiary alicyclic amines) is 1. The molecular formula is C17H29Cl2N3O. The molecule has 1 fully saturated rings. The third-order valence-electron chi connectivity index (χ3n) is 4.12. The lowest BCUT2D eigenvalue weighted by atomic mass is 10.0. The second-order valence-corrected chi connectivity index (χ2v) is 5.94. The number of nitrogens with one attached hydrogen (secondary N) is 2. The van der Waals surface area contributed by atoms with Crippen molar-refractivity contribution >= 4 is 30.7 Å². The van der Waals surface area contributed by atoms with E-state index < -0.39 is 0 Å². The number of nitrogens with zero attached hydrogens (tertiary/aromatic N) is 1. The number of amides is 1. The zero-order valence-electron chi connectivity index (χ0n) is 14.0. The van der Waals surface area contributed by atoms with Crippen LogP contribution in [0.1, 0.15) is 31.4 Å². The summed E-state index contributed by atoms with van der Waals surface area (Å²) in [5, 5.41) is 6.29. The minimum atomic E-state index is -0.0141. The first kappa shape index (κ1) is 22.2. The molecule has 0 bridgehead atoms. The second-order valence-electron chi connectivity index (χ2n) is 5.94. The van der Waals surface area contributed by atoms with Crippen LogP contribution in [0.2, 0.25) is 0 Å². The summed E-state index contributed by atoms with van der Waals surface area (Å²) in [4.78, 5) is 14.8. The maximum atomic E-state index is 12.3. The summed E-state index contributed by atoms with van der Waals surface area (Å²) < 4.78 is 0. The van der Waals surface area contributed by atoms with Gasteiger partial charge in [-0.2, -0.15) is 0 Å². The van der Waals surface area contributed by atoms with E-state index >= 15 is 0 Å². The van der Waals surface area contributed by atoms with Crippen molar-refractivity contribution in [1.82, 2.24) is 15.5 Å². The predicted molar refractivity (Wildman–Crippen MR) is 101 cm³/mol. The van der Waals surface area contributed by atoms with E-state index in [0.29, 0.717) is 6.54 Å². The molecular weight excluding hydrogens is 333 g/mol. The largest absolute Gasteiger partial charge is 0.348 e. The monoisotopic (exact) mass is 361 g/mol. The zero-order valence-corrected chi connectivity index (χ0v) is 15.6. The number of halogens is 2. The van der Waals surface area contributed by atoms with Gasteiger partial charge in [-0.15, -0.1) is 24.8 Å². The summed E-state index contributed by atoms with van der Waals surface area (Å²) in [6, 6.07) is 10.4. The molecule has 0 spiro atoms. The molecule has 132 valence electrons. The lowest BCUT2D eigenvalue weighted by Gasteiger charge is -2.26. The molecule has 1 aliphatic rings. The quantitative estimate of drug-likeness (QED) is 0.784. The zero-order chi connectivity index (χ0) is 15.1. The van der Waals surface area contributed by atoms with Crippen LogP contribution >= 0.6 is 24.8 Å². The summed E-state index contributed by atoms with van der Waals surface area (Å²) in [5.74, 6) is 0.109. The molecule has 23 heavy (non-hydrogen) atoms. The summed E-state index contributed by atoms with van der Waals surface area (Å²) >= 11 is 0. The van der Waals surface area contributed by atoms with Gasteiger partial charge >= 0.3 is 0 Å². The average Bonchev–Trinajstić information content (AvgIpc) is 3.00. The highest BCUT2D eigenvalue weighted by molar-refractivity contribution is 5.85. The first-order valence-electron chi connectivity index (χ1n) is 7.93. The number of hydrogen-bond donors (Lipinski definition) is 2. The van der Waals surface area contributed by atoms with Crippen LogP contribution in [0.25, 0.3) is 0 Å². The predicted octanol–water partition coefficient (Wildman–Crippen LogP) is 2.64. The van der Waals surface area contributed by atoms with Crippen LogP contribution in [0.5, 0.6) is 0 Å². The maximum absolute atomic E-state index is 12.3. The number of carbonyl (C=O) groups is 1. The van der Waals surface area contributed by atoms with E-state index in [1.54, 1.807) is 0 Å². The standard InChI is InChI=1S/C17H27N3O.2ClH/c1-14(12-18-2)17(21)19-16(13-20-10-6-7-11-20)15-8-4-3-5-9-15;;/h3-5,8-9,14,16,18H,6-7,10-13H2,1-2H3,(H,19,21);2*1H. The highest BCUT2D eigenvalue weighted by Gasteiger charge is 2.22. The van der Waals surface area contributed by atoms with Crippen LogP contribution in [0.4, 0.5) is 0 Å². The summed E-state index contributed by atoms with van der Waals surface area (Å²) in [7, 11) is 1.88. The molecule has 2 atom stereocenters. The molecule has 0 aromatic heterocycles. The highest BCUT2D eigenvalue weighted by Crippen LogP contribution is 2.18. The Balaban J connectivity index is 0.00000242. The molecule has 0 saturated carbocycles. The fraction of sp³-hybridized carbons (Fsp3) is 0.588. The van der Waals surface area contributed by atoms with Crippen molar-refractivity contribution in [2.45, 2.75) is 25.8 Å². The molecule has 2 unspecified atom stereocenters. The van der Waals surface area contributed by atoms with Crippen molar-refractivity contribution in [3.63, 3.8) is 0 Å². The van der Waals surface area contributed by atoms with Gasteiger partial charge in [0.2, 0.25) is 5.91 Å². The lowest BCUT2D eigenvalue weighted by molar-refractivity contribution is -0.125. The van der Waals surface area contributed by atoms with Gasteiger partial charge in [0.05, 0.1) is 6.04 Å². The fourth-order valence-electron chi connectivity index (χ4n) is 2.86. The minimum Gasteiger partial charge on any atom is -0.348 e. The minimum absolute atomic E-state index is 0. The van der Waals surface area contributed by atoms with Crippen LogP contribution in [0, 0.1) is 5.92 Å². The van der Waals surface area contributed by atoms with Crippen LogP contribution in [-0.2, 0) is 4.79 Å². The van der Waals surface area contributed by atoms with E-state index in [1.807, 2.05) is 32.2 Å². The third-order valence-corrected chi connectivity index (χ3v) is 4.12. The van der Waals surface area contributed by atoms with Gasteiger partial charge in [-0.3, -0.25) is 4.79 Å². The topological polar surface area (TPSA) is 44.4 Å². The van der Waals surface area contributed by atoms with E-state index in [1.165, 1.54) is 18.4 Å². The number of benzene rings is 1. The van der Waals surface area contributed by atoms with E-state index in [9.17, 15) is 4.79 Å². The molecule has 1 aromatic carbocycles. The van der Waals surface area contributed by atoms with Gasteiger partial charge in [-0.25, -0.2) is 0 Å². The van der Waals surface area contributed by atoms with Crippen molar-refractivity contribution in [3.05, 3.63) is 35.9 Å². The van der Waals surface area contributed by atoms with Crippen LogP contribution in [0.15, 0.2) is 30.3 Å². The van der Waals surface area contributed by atoms with E-state index in [4.69, 9.17) is 0 Å². The SMILES string of the molecule is CNCC(C)C(=O)NC(CN1CCCC1)c1ccccc1.Cl.Cl. The van der Waals surface area contributed by atoms with Gasteiger partial charge in [0.1, 0.15) is 0 Å². The first-order chi connectivity index (χ1) is 10.2. The molecule has 1 saturated heterocycles. The molecule has 4 nitrogen and oxygen atoms in total. The van der Waals surface area contributed by atoms with Crippen LogP contribution in [-0.4, -0.2) is 44.0 Å². The molecule has 0 radical (unpaired) electrons. The van der Waals surface area contributed by atoms with E-state index in [0.717, 1.165) is 19.6 Å². The normalized spacial score (nSPS) is 16.8. The Kier molecular flexibility index (Phi) is 11.3. The van der Waals surface area contributed by atoms with E-state index in [-0.39, 0.29) is 42.7 Å². The summed E-state index contributed by atoms with van der Waals surface area (Å²) in [6.07, 6.45) is 2.54. The Morgan fingerprint density at radius 3 is 2.35 bits per heavy atom. The maximum Gasteiger partial charge on any atom is 0.224 e. The molecule has 0 aliphatic carbocycles. The van der Waals surface area contributed by atoms with Crippen LogP contribution in [0.3, 0.4) is 0 Å². The van der Waals surface area contributed by atoms with Crippen molar-refractivity contribution in [1.29, 1.82) is 0 Å². The Morgan fingerprint density at radius 2 is 1.78 bits per heavy atom. The molecule has 6 heteroatoms. The van der Waals surface area contributed by atoms with Gasteiger partial charge in [0.25, 0.3) is 0 Å². The Morgan fingerprint density at radius 1 is 1.17 bits per heavy atom. The average molecular weight is 362 g/mol. The first-order valence-corrected chi connectivity index (χ1v) is 7.93. The lowest BCUT2D eigenvalue weighted by Crippen LogP contribution is -2.41. The summed E-state index contributed by atoms with van der Waals surface area (Å²) in [6.45, 7) is 5.86. The molecule has 1 amide bonds. The molecule has 2 rings (SSSR count). The Hall–Kier alpha value is -0.810. The third kappa shape index (κ3) is 7.08. The van der Waals surface area contributed by atoms with Gasteiger partial charge in [-0.1, -0.05) is 37.3 Å². The van der Waals surface area contributed by atoms with E-state index in [2.05, 4.69) is 27.7 Å². The van der Waals surface area contributed by atoms with Gasteiger partial charge in [0, 0.05) is 19.0 Å². The smallest absolute Gasteiger partial charge is 0.224 e. The number of rotatable bonds is 7. The highest BCUT2D eigenvalue weighted by atomic mass is 35.5. The van der Waals surface area contributed by atoms with Crippen molar-refractivity contribution < 1.29 is 4.79 Å². The van der Waals surface area contributed by atoms with Crippen molar-refractivity contribution in [3.8, 4) is 0 Å². The van der Waals surface area contributed by atoms with Crippen LogP contribution < -0.4 is 10.6 Å². The van der Waals surface area contributed by atoms with Crippen molar-refractivity contribution in [2.75, 3.05) is 33.2 Å². The molecule has 2 N–H and O–H groups in total. The molecule has 1 aromatic rings. The van der Waals surface area contributed by atoms with Gasteiger partial charge in [-0.05, 0) is 38.5 Å². The Labute approximate surface area is 152 Å². The molecule has 1 aliphatic heterocycles. The fourth-order valence-corrected chi connectivity index (χ4v) is 2.86. The molecule has 1 heterocycles. The van der Waals surface area contributed by atoms with Crippen molar-refractivity contribution in [2.24, 2.45) is 5.92 Å².